The first-order valence-corrected chi connectivity index (χ1v) is 14.0. The average molecular weight is 554 g/mol. The van der Waals surface area contributed by atoms with Gasteiger partial charge in [0.05, 0.1) is 17.8 Å². The monoisotopic (exact) mass is 553 g/mol. The zero-order valence-corrected chi connectivity index (χ0v) is 24.9. The lowest BCUT2D eigenvalue weighted by molar-refractivity contribution is -0.132. The van der Waals surface area contributed by atoms with E-state index in [9.17, 15) is 9.59 Å². The van der Waals surface area contributed by atoms with E-state index in [1.54, 1.807) is 18.1 Å². The standard InChI is InChI=1S/C30H40ClN5O3/c1-18(2)36-27(11-10-24-21-14-22(30(4,5)6)23(31)15-25(21)34-33-24)32-19(3)29(36)26(37)13-20-16-35(17-20)28(38)9-8-12-39-7/h8-9,14-15,18,20H,10-13,16-17H2,1-7H3,(H,33,34)/b9-8+. The Bertz CT molecular complexity index is 1390. The number of aryl methyl sites for hydroxylation is 3. The summed E-state index contributed by atoms with van der Waals surface area (Å²) in [7, 11) is 1.59. The first kappa shape index (κ1) is 29.0. The molecule has 39 heavy (non-hydrogen) atoms. The second-order valence-corrected chi connectivity index (χ2v) is 12.2. The molecule has 1 aliphatic heterocycles. The molecule has 8 nitrogen and oxygen atoms in total. The highest BCUT2D eigenvalue weighted by Crippen LogP contribution is 2.34. The summed E-state index contributed by atoms with van der Waals surface area (Å²) >= 11 is 6.55. The molecular formula is C30H40ClN5O3. The van der Waals surface area contributed by atoms with Crippen LogP contribution in [0.15, 0.2) is 24.3 Å². The Labute approximate surface area is 235 Å². The fourth-order valence-corrected chi connectivity index (χ4v) is 5.79. The van der Waals surface area contributed by atoms with Crippen LogP contribution in [0.5, 0.6) is 0 Å². The van der Waals surface area contributed by atoms with Crippen LogP contribution >= 0.6 is 11.6 Å². The van der Waals surface area contributed by atoms with Crippen LogP contribution in [-0.4, -0.2) is 63.1 Å². The fourth-order valence-electron chi connectivity index (χ4n) is 5.35. The third-order valence-electron chi connectivity index (χ3n) is 7.33. The van der Waals surface area contributed by atoms with Crippen molar-refractivity contribution in [3.8, 4) is 0 Å². The Balaban J connectivity index is 1.47. The number of H-pyrrole nitrogens is 1. The topological polar surface area (TPSA) is 93.1 Å². The van der Waals surface area contributed by atoms with Gasteiger partial charge in [-0.15, -0.1) is 0 Å². The fraction of sp³-hybridized carbons (Fsp3) is 0.533. The predicted octanol–water partition coefficient (Wildman–Crippen LogP) is 5.62. The van der Waals surface area contributed by atoms with E-state index in [0.29, 0.717) is 38.2 Å². The molecular weight excluding hydrogens is 514 g/mol. The number of ketones is 1. The zero-order chi connectivity index (χ0) is 28.5. The maximum Gasteiger partial charge on any atom is 0.246 e. The lowest BCUT2D eigenvalue weighted by Crippen LogP contribution is -2.50. The third-order valence-corrected chi connectivity index (χ3v) is 7.65. The van der Waals surface area contributed by atoms with Crippen LogP contribution in [0.1, 0.15) is 80.3 Å². The zero-order valence-electron chi connectivity index (χ0n) is 24.1. The van der Waals surface area contributed by atoms with Crippen molar-refractivity contribution in [1.29, 1.82) is 0 Å². The second-order valence-electron chi connectivity index (χ2n) is 11.8. The quantitative estimate of drug-likeness (QED) is 0.260. The van der Waals surface area contributed by atoms with E-state index in [1.165, 1.54) is 6.08 Å². The molecule has 9 heteroatoms. The SMILES string of the molecule is COC/C=C/C(=O)N1CC(CC(=O)c2c(C)nc(CCc3[nH]nc4cc(Cl)c(C(C)(C)C)cc34)n2C(C)C)C1. The highest BCUT2D eigenvalue weighted by molar-refractivity contribution is 6.32. The van der Waals surface area contributed by atoms with Crippen molar-refractivity contribution < 1.29 is 14.3 Å². The van der Waals surface area contributed by atoms with Crippen LogP contribution in [0, 0.1) is 12.8 Å². The molecule has 3 heterocycles. The minimum Gasteiger partial charge on any atom is -0.381 e. The highest BCUT2D eigenvalue weighted by Gasteiger charge is 2.33. The number of carbonyl (C=O) groups is 2. The number of likely N-dealkylation sites (tertiary alicyclic amines) is 1. The van der Waals surface area contributed by atoms with Gasteiger partial charge in [0.1, 0.15) is 11.5 Å². The van der Waals surface area contributed by atoms with Gasteiger partial charge >= 0.3 is 0 Å². The number of imidazole rings is 1. The normalized spacial score (nSPS) is 14.6. The van der Waals surface area contributed by atoms with Crippen molar-refractivity contribution in [1.82, 2.24) is 24.6 Å². The number of hydrogen-bond acceptors (Lipinski definition) is 5. The van der Waals surface area contributed by atoms with E-state index in [4.69, 9.17) is 21.3 Å². The molecule has 1 saturated heterocycles. The van der Waals surface area contributed by atoms with E-state index in [0.717, 1.165) is 45.1 Å². The molecule has 0 radical (unpaired) electrons. The molecule has 0 aliphatic carbocycles. The minimum atomic E-state index is -0.0778. The maximum atomic E-state index is 13.4. The number of rotatable bonds is 10. The molecule has 4 rings (SSSR count). The smallest absolute Gasteiger partial charge is 0.246 e. The molecule has 1 fully saturated rings. The molecule has 2 aromatic heterocycles. The molecule has 0 bridgehead atoms. The number of nitrogens with one attached hydrogen (secondary N) is 1. The molecule has 1 aliphatic rings. The molecule has 3 aromatic rings. The van der Waals surface area contributed by atoms with E-state index < -0.39 is 0 Å². The number of aromatic nitrogens is 4. The van der Waals surface area contributed by atoms with Crippen molar-refractivity contribution in [2.45, 2.75) is 72.3 Å². The number of ether oxygens (including phenoxy) is 1. The lowest BCUT2D eigenvalue weighted by atomic mass is 9.86. The number of methoxy groups -OCH3 is 1. The molecule has 0 saturated carbocycles. The second kappa shape index (κ2) is 11.6. The van der Waals surface area contributed by atoms with Crippen LogP contribution in [0.2, 0.25) is 5.02 Å². The van der Waals surface area contributed by atoms with Gasteiger partial charge < -0.3 is 14.2 Å². The van der Waals surface area contributed by atoms with Gasteiger partial charge in [-0.3, -0.25) is 14.7 Å². The number of benzene rings is 1. The van der Waals surface area contributed by atoms with Crippen molar-refractivity contribution in [3.63, 3.8) is 0 Å². The van der Waals surface area contributed by atoms with Crippen LogP contribution in [0.3, 0.4) is 0 Å². The largest absolute Gasteiger partial charge is 0.381 e. The van der Waals surface area contributed by atoms with Crippen LogP contribution in [-0.2, 0) is 27.8 Å². The predicted molar refractivity (Wildman–Crippen MR) is 155 cm³/mol. The number of Topliss-reactive ketones (excluding diaryl/α,β-unsaturated/α-hetero) is 1. The first-order valence-electron chi connectivity index (χ1n) is 13.6. The summed E-state index contributed by atoms with van der Waals surface area (Å²) in [4.78, 5) is 32.3. The van der Waals surface area contributed by atoms with E-state index >= 15 is 0 Å². The summed E-state index contributed by atoms with van der Waals surface area (Å²) in [6.07, 6.45) is 5.04. The number of halogens is 1. The first-order chi connectivity index (χ1) is 18.4. The molecule has 0 unspecified atom stereocenters. The van der Waals surface area contributed by atoms with Crippen molar-refractivity contribution in [3.05, 3.63) is 57.8 Å². The highest BCUT2D eigenvalue weighted by atomic mass is 35.5. The van der Waals surface area contributed by atoms with Crippen LogP contribution in [0.25, 0.3) is 10.9 Å². The molecule has 1 amide bonds. The molecule has 210 valence electrons. The average Bonchev–Trinajstić information content (AvgIpc) is 3.38. The van der Waals surface area contributed by atoms with E-state index in [2.05, 4.69) is 55.4 Å². The van der Waals surface area contributed by atoms with Gasteiger partial charge in [-0.05, 0) is 50.3 Å². The van der Waals surface area contributed by atoms with Crippen LogP contribution < -0.4 is 0 Å². The van der Waals surface area contributed by atoms with Gasteiger partial charge in [0, 0.05) is 67.2 Å². The van der Waals surface area contributed by atoms with Crippen molar-refractivity contribution >= 4 is 34.2 Å². The van der Waals surface area contributed by atoms with Gasteiger partial charge in [0.2, 0.25) is 5.91 Å². The Morgan fingerprint density at radius 2 is 1.95 bits per heavy atom. The van der Waals surface area contributed by atoms with E-state index in [-0.39, 0.29) is 29.1 Å². The van der Waals surface area contributed by atoms with Crippen molar-refractivity contribution in [2.24, 2.45) is 5.92 Å². The number of hydrogen-bond donors (Lipinski definition) is 1. The van der Waals surface area contributed by atoms with Gasteiger partial charge in [0.25, 0.3) is 0 Å². The molecule has 1 aromatic carbocycles. The van der Waals surface area contributed by atoms with Gasteiger partial charge in [-0.25, -0.2) is 4.98 Å². The molecule has 0 spiro atoms. The summed E-state index contributed by atoms with van der Waals surface area (Å²) in [5.74, 6) is 1.11. The molecule has 1 N–H and O–H groups in total. The number of nitrogens with zero attached hydrogens (tertiary/aromatic N) is 4. The Hall–Kier alpha value is -2.97. The Morgan fingerprint density at radius 3 is 2.59 bits per heavy atom. The Kier molecular flexibility index (Phi) is 8.66. The van der Waals surface area contributed by atoms with E-state index in [1.807, 2.05) is 13.0 Å². The minimum absolute atomic E-state index is 0.0374. The lowest BCUT2D eigenvalue weighted by Gasteiger charge is -2.38. The summed E-state index contributed by atoms with van der Waals surface area (Å²) in [5, 5.41) is 9.47. The number of aromatic amines is 1. The summed E-state index contributed by atoms with van der Waals surface area (Å²) < 4.78 is 7.03. The van der Waals surface area contributed by atoms with Gasteiger partial charge in [0.15, 0.2) is 5.78 Å². The van der Waals surface area contributed by atoms with Crippen molar-refractivity contribution in [2.75, 3.05) is 26.8 Å². The number of fused-ring (bicyclic) bond motifs is 1. The van der Waals surface area contributed by atoms with Gasteiger partial charge in [-0.1, -0.05) is 38.4 Å². The third kappa shape index (κ3) is 6.28. The Morgan fingerprint density at radius 1 is 1.23 bits per heavy atom. The van der Waals surface area contributed by atoms with Gasteiger partial charge in [-0.2, -0.15) is 5.10 Å². The number of amides is 1. The summed E-state index contributed by atoms with van der Waals surface area (Å²) in [6.45, 7) is 14.1. The maximum absolute atomic E-state index is 13.4. The summed E-state index contributed by atoms with van der Waals surface area (Å²) in [5.41, 5.74) is 4.34. The molecule has 0 atom stereocenters. The number of carbonyl (C=O) groups excluding carboxylic acids is 2. The van der Waals surface area contributed by atoms with Crippen LogP contribution in [0.4, 0.5) is 0 Å². The summed E-state index contributed by atoms with van der Waals surface area (Å²) in [6, 6.07) is 4.17.